The van der Waals surface area contributed by atoms with E-state index in [1.807, 2.05) is 18.2 Å². The monoisotopic (exact) mass is 591 g/mol. The first kappa shape index (κ1) is 30.1. The van der Waals surface area contributed by atoms with Crippen LogP contribution in [0.15, 0.2) is 108 Å². The van der Waals surface area contributed by atoms with Crippen molar-refractivity contribution in [3.05, 3.63) is 120 Å². The van der Waals surface area contributed by atoms with Gasteiger partial charge in [-0.15, -0.1) is 0 Å². The Labute approximate surface area is 243 Å². The number of hydrogen-bond acceptors (Lipinski definition) is 6. The van der Waals surface area contributed by atoms with Gasteiger partial charge in [0.15, 0.2) is 6.61 Å². The van der Waals surface area contributed by atoms with Crippen LogP contribution < -0.4 is 19.5 Å². The average Bonchev–Trinajstić information content (AvgIpc) is 3.01. The largest absolute Gasteiger partial charge is 0.497 e. The summed E-state index contributed by atoms with van der Waals surface area (Å²) in [6.07, 6.45) is 0. The van der Waals surface area contributed by atoms with E-state index in [1.54, 1.807) is 43.5 Å². The maximum absolute atomic E-state index is 13.6. The molecule has 0 saturated carbocycles. The Bertz CT molecular complexity index is 1600. The van der Waals surface area contributed by atoms with Crippen molar-refractivity contribution in [2.24, 2.45) is 0 Å². The fourth-order valence-corrected chi connectivity index (χ4v) is 5.23. The van der Waals surface area contributed by atoms with Crippen LogP contribution in [0.3, 0.4) is 0 Å². The van der Waals surface area contributed by atoms with Gasteiger partial charge in [-0.1, -0.05) is 42.5 Å². The van der Waals surface area contributed by atoms with Crippen LogP contribution in [0.5, 0.6) is 11.5 Å². The van der Waals surface area contributed by atoms with Gasteiger partial charge in [0.2, 0.25) is 5.91 Å². The third-order valence-electron chi connectivity index (χ3n) is 6.35. The topological polar surface area (TPSA) is 114 Å². The molecule has 0 aliphatic rings. The van der Waals surface area contributed by atoms with Crippen molar-refractivity contribution < 1.29 is 31.9 Å². The third-order valence-corrected chi connectivity index (χ3v) is 7.74. The number of carbonyl (C=O) groups is 2. The quantitative estimate of drug-likeness (QED) is 0.250. The zero-order chi connectivity index (χ0) is 30.1. The lowest BCUT2D eigenvalue weighted by molar-refractivity contribution is -0.143. The molecular weight excluding hydrogens is 561 g/mol. The lowest BCUT2D eigenvalue weighted by atomic mass is 10.0. The van der Waals surface area contributed by atoms with E-state index in [-0.39, 0.29) is 28.8 Å². The van der Waals surface area contributed by atoms with Gasteiger partial charge in [-0.05, 0) is 71.8 Å². The van der Waals surface area contributed by atoms with Crippen molar-refractivity contribution in [3.63, 3.8) is 0 Å². The lowest BCUT2D eigenvalue weighted by Gasteiger charge is -2.31. The molecule has 0 fully saturated rings. The second-order valence-electron chi connectivity index (χ2n) is 9.17. The number of likely N-dealkylation sites (N-methyl/N-ethyl adjacent to an activating group) is 1. The second-order valence-corrected chi connectivity index (χ2v) is 10.9. The molecule has 11 heteroatoms. The Morgan fingerprint density at radius 2 is 1.48 bits per heavy atom. The van der Waals surface area contributed by atoms with Crippen LogP contribution >= 0.6 is 0 Å². The predicted molar refractivity (Wildman–Crippen MR) is 156 cm³/mol. The molecule has 4 rings (SSSR count). The first-order chi connectivity index (χ1) is 20.2. The molecule has 1 unspecified atom stereocenters. The molecule has 0 radical (unpaired) electrons. The number of amides is 2. The van der Waals surface area contributed by atoms with Crippen molar-refractivity contribution in [2.45, 2.75) is 17.5 Å². The van der Waals surface area contributed by atoms with Gasteiger partial charge < -0.3 is 19.7 Å². The number of sulfonamides is 1. The molecule has 42 heavy (non-hydrogen) atoms. The molecule has 2 amide bonds. The van der Waals surface area contributed by atoms with E-state index in [0.29, 0.717) is 11.3 Å². The Balaban J connectivity index is 1.52. The maximum Gasteiger partial charge on any atom is 0.261 e. The maximum atomic E-state index is 13.6. The molecule has 1 atom stereocenters. The summed E-state index contributed by atoms with van der Waals surface area (Å²) in [6, 6.07) is 25.6. The molecule has 2 N–H and O–H groups in total. The number of hydrogen-bond donors (Lipinski definition) is 2. The third kappa shape index (κ3) is 7.64. The second kappa shape index (κ2) is 13.6. The van der Waals surface area contributed by atoms with Gasteiger partial charge in [0.25, 0.3) is 15.9 Å². The van der Waals surface area contributed by atoms with E-state index in [9.17, 15) is 22.4 Å². The summed E-state index contributed by atoms with van der Waals surface area (Å²) in [5, 5.41) is 2.64. The first-order valence-corrected chi connectivity index (χ1v) is 14.4. The molecule has 0 bridgehead atoms. The molecule has 218 valence electrons. The number of halogens is 1. The summed E-state index contributed by atoms with van der Waals surface area (Å²) in [5.41, 5.74) is 1.61. The fourth-order valence-electron chi connectivity index (χ4n) is 4.17. The van der Waals surface area contributed by atoms with Gasteiger partial charge in [0, 0.05) is 19.3 Å². The number of rotatable bonds is 12. The molecule has 0 aliphatic carbocycles. The zero-order valence-electron chi connectivity index (χ0n) is 23.0. The van der Waals surface area contributed by atoms with E-state index < -0.39 is 34.4 Å². The highest BCUT2D eigenvalue weighted by Gasteiger charge is 2.31. The van der Waals surface area contributed by atoms with Gasteiger partial charge in [-0.3, -0.25) is 14.3 Å². The van der Waals surface area contributed by atoms with Crippen LogP contribution in [0.4, 0.5) is 10.1 Å². The van der Waals surface area contributed by atoms with E-state index >= 15 is 0 Å². The lowest BCUT2D eigenvalue weighted by Crippen LogP contribution is -2.44. The molecule has 0 aliphatic heterocycles. The summed E-state index contributed by atoms with van der Waals surface area (Å²) >= 11 is 0. The van der Waals surface area contributed by atoms with Crippen LogP contribution in [-0.4, -0.2) is 45.9 Å². The highest BCUT2D eigenvalue weighted by molar-refractivity contribution is 7.92. The molecule has 0 aromatic heterocycles. The van der Waals surface area contributed by atoms with Crippen LogP contribution in [0, 0.1) is 5.82 Å². The van der Waals surface area contributed by atoms with Gasteiger partial charge in [-0.2, -0.15) is 0 Å². The molecule has 0 saturated heterocycles. The smallest absolute Gasteiger partial charge is 0.261 e. The Morgan fingerprint density at radius 1 is 0.857 bits per heavy atom. The van der Waals surface area contributed by atoms with Crippen molar-refractivity contribution in [1.82, 2.24) is 10.2 Å². The molecule has 9 nitrogen and oxygen atoms in total. The summed E-state index contributed by atoms with van der Waals surface area (Å²) in [6.45, 7) is -0.290. The number of benzene rings is 4. The Kier molecular flexibility index (Phi) is 9.77. The van der Waals surface area contributed by atoms with Gasteiger partial charge in [0.05, 0.1) is 12.0 Å². The van der Waals surface area contributed by atoms with Crippen molar-refractivity contribution in [1.29, 1.82) is 0 Å². The van der Waals surface area contributed by atoms with Crippen LogP contribution in [-0.2, 0) is 26.2 Å². The van der Waals surface area contributed by atoms with Crippen LogP contribution in [0.2, 0.25) is 0 Å². The number of carbonyl (C=O) groups excluding carboxylic acids is 2. The normalized spacial score (nSPS) is 11.7. The van der Waals surface area contributed by atoms with E-state index in [0.717, 1.165) is 17.7 Å². The SMILES string of the molecule is CNC(=O)C(c1ccccc1)N(Cc1ccc(OC)cc1)C(=O)COc1ccc(S(=O)(=O)Nc2ccc(F)cc2)cc1. The minimum Gasteiger partial charge on any atom is -0.497 e. The van der Waals surface area contributed by atoms with E-state index in [4.69, 9.17) is 9.47 Å². The van der Waals surface area contributed by atoms with E-state index in [1.165, 1.54) is 48.3 Å². The van der Waals surface area contributed by atoms with Crippen LogP contribution in [0.1, 0.15) is 17.2 Å². The number of nitrogens with one attached hydrogen (secondary N) is 2. The minimum absolute atomic E-state index is 0.0459. The molecule has 0 spiro atoms. The highest BCUT2D eigenvalue weighted by atomic mass is 32.2. The van der Waals surface area contributed by atoms with Crippen molar-refractivity contribution in [2.75, 3.05) is 25.5 Å². The molecule has 4 aromatic rings. The van der Waals surface area contributed by atoms with Gasteiger partial charge >= 0.3 is 0 Å². The van der Waals surface area contributed by atoms with Crippen molar-refractivity contribution >= 4 is 27.5 Å². The summed E-state index contributed by atoms with van der Waals surface area (Å²) in [4.78, 5) is 28.0. The summed E-state index contributed by atoms with van der Waals surface area (Å²) in [7, 11) is -0.874. The highest BCUT2D eigenvalue weighted by Crippen LogP contribution is 2.25. The summed E-state index contributed by atoms with van der Waals surface area (Å²) < 4.78 is 51.9. The van der Waals surface area contributed by atoms with Crippen molar-refractivity contribution in [3.8, 4) is 11.5 Å². The Morgan fingerprint density at radius 3 is 2.07 bits per heavy atom. The standard InChI is InChI=1S/C31H30FN3O6S/c1-33-31(37)30(23-6-4-3-5-7-23)35(20-22-8-14-26(40-2)15-9-22)29(36)21-41-27-16-18-28(19-17-27)42(38,39)34-25-12-10-24(32)11-13-25/h3-19,30,34H,20-21H2,1-2H3,(H,33,37). The number of ether oxygens (including phenoxy) is 2. The van der Waals surface area contributed by atoms with Crippen LogP contribution in [0.25, 0.3) is 0 Å². The molecular formula is C31H30FN3O6S. The van der Waals surface area contributed by atoms with Gasteiger partial charge in [0.1, 0.15) is 23.4 Å². The molecule has 0 heterocycles. The van der Waals surface area contributed by atoms with E-state index in [2.05, 4.69) is 10.0 Å². The fraction of sp³-hybridized carbons (Fsp3) is 0.161. The predicted octanol–water partition coefficient (Wildman–Crippen LogP) is 4.53. The number of methoxy groups -OCH3 is 1. The Hall–Kier alpha value is -4.90. The first-order valence-electron chi connectivity index (χ1n) is 12.9. The zero-order valence-corrected chi connectivity index (χ0v) is 23.8. The number of nitrogens with zero attached hydrogens (tertiary/aromatic N) is 1. The summed E-state index contributed by atoms with van der Waals surface area (Å²) in [5.74, 6) is -0.403. The van der Waals surface area contributed by atoms with Gasteiger partial charge in [-0.25, -0.2) is 12.8 Å². The molecule has 4 aromatic carbocycles. The minimum atomic E-state index is -3.94. The number of anilines is 1. The average molecular weight is 592 g/mol.